The van der Waals surface area contributed by atoms with Gasteiger partial charge in [-0.1, -0.05) is 23.9 Å². The van der Waals surface area contributed by atoms with Crippen LogP contribution in [0, 0.1) is 11.8 Å². The van der Waals surface area contributed by atoms with Crippen molar-refractivity contribution in [3.63, 3.8) is 0 Å². The Hall–Kier alpha value is -1.39. The molecule has 0 bridgehead atoms. The van der Waals surface area contributed by atoms with E-state index in [-0.39, 0.29) is 36.2 Å². The highest BCUT2D eigenvalue weighted by atomic mass is 32.2. The summed E-state index contributed by atoms with van der Waals surface area (Å²) in [5, 5.41) is 20.0. The zero-order valence-corrected chi connectivity index (χ0v) is 16.7. The van der Waals surface area contributed by atoms with Crippen molar-refractivity contribution in [2.24, 2.45) is 11.8 Å². The molecule has 10 heteroatoms. The molecular formula is C18H22F3NO4S2. The van der Waals surface area contributed by atoms with E-state index in [4.69, 9.17) is 5.11 Å². The van der Waals surface area contributed by atoms with Crippen LogP contribution in [0.5, 0.6) is 0 Å². The van der Waals surface area contributed by atoms with Gasteiger partial charge in [0.2, 0.25) is 0 Å². The van der Waals surface area contributed by atoms with Gasteiger partial charge >= 0.3 is 12.1 Å². The topological polar surface area (TPSA) is 87.5 Å². The summed E-state index contributed by atoms with van der Waals surface area (Å²) >= 11 is 2.66. The number of allylic oxidation sites excluding steroid dienone is 1. The smallest absolute Gasteiger partial charge is 0.389 e. The van der Waals surface area contributed by atoms with E-state index in [9.17, 15) is 27.9 Å². The SMILES string of the molecule is O=C(O)c1csc(SCCC2C(=O)CCC2C=CCC(O)CCC(F)(F)F)n1. The van der Waals surface area contributed by atoms with E-state index in [0.717, 1.165) is 0 Å². The zero-order chi connectivity index (χ0) is 20.7. The molecule has 0 aliphatic heterocycles. The van der Waals surface area contributed by atoms with Crippen molar-refractivity contribution < 1.29 is 33.0 Å². The van der Waals surface area contributed by atoms with Crippen LogP contribution in [0.3, 0.4) is 0 Å². The minimum absolute atomic E-state index is 0.00864. The standard InChI is InChI=1S/C18H22F3NO4S2/c19-18(20,21)8-6-12(23)3-1-2-11-4-5-15(24)13(11)7-9-27-17-22-14(10-28-17)16(25)26/h1-2,10-13,23H,3-9H2,(H,25,26). The number of aromatic nitrogens is 1. The maximum absolute atomic E-state index is 12.2. The lowest BCUT2D eigenvalue weighted by Crippen LogP contribution is -2.15. The molecule has 0 saturated heterocycles. The molecule has 1 aromatic rings. The van der Waals surface area contributed by atoms with Crippen molar-refractivity contribution in [3.8, 4) is 0 Å². The Balaban J connectivity index is 1.77. The number of thioether (sulfide) groups is 1. The van der Waals surface area contributed by atoms with Gasteiger partial charge in [0.25, 0.3) is 0 Å². The number of carbonyl (C=O) groups excluding carboxylic acids is 1. The first-order chi connectivity index (χ1) is 13.2. The maximum Gasteiger partial charge on any atom is 0.389 e. The lowest BCUT2D eigenvalue weighted by molar-refractivity contribution is -0.139. The number of thiazole rings is 1. The molecule has 5 nitrogen and oxygen atoms in total. The van der Waals surface area contributed by atoms with Crippen LogP contribution in [-0.2, 0) is 4.79 Å². The average Bonchev–Trinajstić information content (AvgIpc) is 3.21. The highest BCUT2D eigenvalue weighted by Crippen LogP contribution is 2.35. The summed E-state index contributed by atoms with van der Waals surface area (Å²) in [5.41, 5.74) is 0.00864. The van der Waals surface area contributed by atoms with Gasteiger partial charge < -0.3 is 10.2 Å². The second kappa shape index (κ2) is 10.4. The number of alkyl halides is 3. The lowest BCUT2D eigenvalue weighted by atomic mass is 9.92. The molecule has 2 rings (SSSR count). The zero-order valence-electron chi connectivity index (χ0n) is 15.0. The number of carboxylic acid groups (broad SMARTS) is 1. The fourth-order valence-electron chi connectivity index (χ4n) is 3.09. The first-order valence-corrected chi connectivity index (χ1v) is 10.8. The van der Waals surface area contributed by atoms with E-state index in [2.05, 4.69) is 4.98 Å². The lowest BCUT2D eigenvalue weighted by Gasteiger charge is -2.15. The number of rotatable bonds is 10. The van der Waals surface area contributed by atoms with Gasteiger partial charge in [-0.05, 0) is 31.6 Å². The summed E-state index contributed by atoms with van der Waals surface area (Å²) < 4.78 is 37.1. The van der Waals surface area contributed by atoms with Gasteiger partial charge in [0.15, 0.2) is 10.0 Å². The number of aliphatic hydroxyl groups is 1. The number of halogens is 3. The van der Waals surface area contributed by atoms with Crippen LogP contribution in [0.25, 0.3) is 0 Å². The van der Waals surface area contributed by atoms with Gasteiger partial charge in [-0.25, -0.2) is 9.78 Å². The molecule has 156 valence electrons. The third-order valence-corrected chi connectivity index (χ3v) is 6.62. The largest absolute Gasteiger partial charge is 0.476 e. The van der Waals surface area contributed by atoms with Crippen LogP contribution in [0.4, 0.5) is 13.2 Å². The third kappa shape index (κ3) is 7.56. The summed E-state index contributed by atoms with van der Waals surface area (Å²) in [5.74, 6) is -0.416. The fraction of sp³-hybridized carbons (Fsp3) is 0.611. The predicted molar refractivity (Wildman–Crippen MR) is 101 cm³/mol. The second-order valence-corrected chi connectivity index (χ2v) is 8.89. The molecule has 1 aromatic heterocycles. The van der Waals surface area contributed by atoms with Gasteiger partial charge in [-0.3, -0.25) is 4.79 Å². The number of aromatic carboxylic acids is 1. The van der Waals surface area contributed by atoms with Crippen molar-refractivity contribution in [2.75, 3.05) is 5.75 Å². The maximum atomic E-state index is 12.2. The number of nitrogens with zero attached hydrogens (tertiary/aromatic N) is 1. The Bertz CT molecular complexity index is 705. The van der Waals surface area contributed by atoms with Crippen molar-refractivity contribution in [3.05, 3.63) is 23.2 Å². The number of Topliss-reactive ketones (excluding diaryl/α,β-unsaturated/α-hetero) is 1. The van der Waals surface area contributed by atoms with Gasteiger partial charge in [-0.15, -0.1) is 11.3 Å². The Morgan fingerprint density at radius 2 is 2.21 bits per heavy atom. The second-order valence-electron chi connectivity index (χ2n) is 6.69. The molecule has 0 spiro atoms. The van der Waals surface area contributed by atoms with Gasteiger partial charge in [0, 0.05) is 29.9 Å². The van der Waals surface area contributed by atoms with Crippen LogP contribution in [0.1, 0.15) is 49.0 Å². The Morgan fingerprint density at radius 3 is 2.86 bits per heavy atom. The number of hydrogen-bond acceptors (Lipinski definition) is 6. The molecule has 0 aromatic carbocycles. The molecule has 3 unspecified atom stereocenters. The molecule has 3 atom stereocenters. The fourth-order valence-corrected chi connectivity index (χ4v) is 4.99. The van der Waals surface area contributed by atoms with Crippen LogP contribution in [0.15, 0.2) is 21.9 Å². The Kier molecular flexibility index (Phi) is 8.51. The highest BCUT2D eigenvalue weighted by molar-refractivity contribution is 8.01. The minimum Gasteiger partial charge on any atom is -0.476 e. The van der Waals surface area contributed by atoms with E-state index >= 15 is 0 Å². The number of ketones is 1. The van der Waals surface area contributed by atoms with Crippen molar-refractivity contribution in [2.45, 2.75) is 55.1 Å². The minimum atomic E-state index is -4.27. The first kappa shape index (κ1) is 22.9. The van der Waals surface area contributed by atoms with Crippen LogP contribution < -0.4 is 0 Å². The third-order valence-electron chi connectivity index (χ3n) is 4.56. The summed E-state index contributed by atoms with van der Waals surface area (Å²) in [6, 6.07) is 0. The molecular weight excluding hydrogens is 415 g/mol. The first-order valence-electron chi connectivity index (χ1n) is 8.91. The Morgan fingerprint density at radius 1 is 1.46 bits per heavy atom. The van der Waals surface area contributed by atoms with Gasteiger partial charge in [0.1, 0.15) is 5.78 Å². The number of carbonyl (C=O) groups is 2. The quantitative estimate of drug-likeness (QED) is 0.412. The molecule has 1 saturated carbocycles. The van der Waals surface area contributed by atoms with Crippen molar-refractivity contribution in [1.29, 1.82) is 0 Å². The normalized spacial score (nSPS) is 21.5. The van der Waals surface area contributed by atoms with Crippen LogP contribution in [0.2, 0.25) is 0 Å². The molecule has 28 heavy (non-hydrogen) atoms. The highest BCUT2D eigenvalue weighted by Gasteiger charge is 2.32. The molecule has 1 heterocycles. The average molecular weight is 438 g/mol. The molecule has 1 aliphatic carbocycles. The van der Waals surface area contributed by atoms with E-state index in [1.807, 2.05) is 6.08 Å². The molecule has 0 radical (unpaired) electrons. The summed E-state index contributed by atoms with van der Waals surface area (Å²) in [6.45, 7) is 0. The van der Waals surface area contributed by atoms with E-state index in [0.29, 0.717) is 29.4 Å². The predicted octanol–water partition coefficient (Wildman–Crippen LogP) is 4.57. The van der Waals surface area contributed by atoms with E-state index in [1.165, 1.54) is 28.5 Å². The van der Waals surface area contributed by atoms with Gasteiger partial charge in [-0.2, -0.15) is 13.2 Å². The van der Waals surface area contributed by atoms with Crippen LogP contribution >= 0.6 is 23.1 Å². The molecule has 2 N–H and O–H groups in total. The van der Waals surface area contributed by atoms with E-state index in [1.54, 1.807) is 6.08 Å². The summed E-state index contributed by atoms with van der Waals surface area (Å²) in [7, 11) is 0. The molecule has 1 aliphatic rings. The van der Waals surface area contributed by atoms with E-state index < -0.39 is 24.7 Å². The monoisotopic (exact) mass is 437 g/mol. The molecule has 0 amide bonds. The van der Waals surface area contributed by atoms with Crippen molar-refractivity contribution >= 4 is 34.9 Å². The number of carboxylic acids is 1. The van der Waals surface area contributed by atoms with Crippen molar-refractivity contribution in [1.82, 2.24) is 4.98 Å². The number of hydrogen-bond donors (Lipinski definition) is 2. The van der Waals surface area contributed by atoms with Crippen LogP contribution in [-0.4, -0.2) is 45.0 Å². The number of aliphatic hydroxyl groups excluding tert-OH is 1. The Labute approximate surface area is 169 Å². The summed E-state index contributed by atoms with van der Waals surface area (Å²) in [6.07, 6.45) is -1.21. The van der Waals surface area contributed by atoms with Gasteiger partial charge in [0.05, 0.1) is 6.10 Å². The molecule has 1 fully saturated rings. The summed E-state index contributed by atoms with van der Waals surface area (Å²) in [4.78, 5) is 26.9.